The van der Waals surface area contributed by atoms with Crippen molar-refractivity contribution < 1.29 is 9.53 Å². The monoisotopic (exact) mass is 247 g/mol. The Hall–Kier alpha value is -1.64. The molecule has 0 saturated carbocycles. The summed E-state index contributed by atoms with van der Waals surface area (Å²) in [6.07, 6.45) is 8.13. The molecule has 1 rings (SSSR count). The van der Waals surface area contributed by atoms with Gasteiger partial charge >= 0.3 is 5.97 Å². The second-order valence-corrected chi connectivity index (χ2v) is 4.19. The molecule has 0 N–H and O–H groups in total. The molecule has 0 atom stereocenters. The zero-order valence-electron chi connectivity index (χ0n) is 11.4. The lowest BCUT2D eigenvalue weighted by atomic mass is 10.0. The first kappa shape index (κ1) is 14.4. The largest absolute Gasteiger partial charge is 0.465 e. The molecule has 1 aromatic heterocycles. The summed E-state index contributed by atoms with van der Waals surface area (Å²) in [5.74, 6) is -0.344. The number of carbonyl (C=O) groups excluding carboxylic acids is 1. The summed E-state index contributed by atoms with van der Waals surface area (Å²) in [5, 5.41) is 0. The Morgan fingerprint density at radius 1 is 1.33 bits per heavy atom. The molecule has 18 heavy (non-hydrogen) atoms. The average Bonchev–Trinajstić information content (AvgIpc) is 2.43. The molecule has 0 saturated heterocycles. The van der Waals surface area contributed by atoms with Crippen LogP contribution in [0, 0.1) is 0 Å². The van der Waals surface area contributed by atoms with Crippen molar-refractivity contribution in [2.45, 2.75) is 39.5 Å². The Morgan fingerprint density at radius 3 is 2.61 bits per heavy atom. The smallest absolute Gasteiger partial charge is 0.339 e. The number of unbranched alkanes of at least 4 members (excludes halogenated alkanes) is 1. The highest BCUT2D eigenvalue weighted by Crippen LogP contribution is 2.19. The van der Waals surface area contributed by atoms with Crippen molar-refractivity contribution in [3.8, 4) is 0 Å². The fourth-order valence-corrected chi connectivity index (χ4v) is 1.75. The van der Waals surface area contributed by atoms with Gasteiger partial charge in [0.2, 0.25) is 0 Å². The van der Waals surface area contributed by atoms with E-state index in [1.165, 1.54) is 12.7 Å². The van der Waals surface area contributed by atoms with E-state index >= 15 is 0 Å². The standard InChI is InChI=1S/C15H21NO2/c1-4-6-8-12(7-5-2)14-10-9-13(11-16-14)15(17)18-3/h8-11H,4-7H2,1-3H3/b12-8+. The highest BCUT2D eigenvalue weighted by atomic mass is 16.5. The molecule has 0 amide bonds. The van der Waals surface area contributed by atoms with Crippen LogP contribution in [0.25, 0.3) is 5.57 Å². The first-order valence-electron chi connectivity index (χ1n) is 6.46. The fraction of sp³-hybridized carbons (Fsp3) is 0.467. The van der Waals surface area contributed by atoms with Crippen LogP contribution in [0.2, 0.25) is 0 Å². The number of pyridine rings is 1. The lowest BCUT2D eigenvalue weighted by Crippen LogP contribution is -2.02. The zero-order chi connectivity index (χ0) is 13.4. The minimum absolute atomic E-state index is 0.344. The molecule has 0 fully saturated rings. The maximum atomic E-state index is 11.3. The lowest BCUT2D eigenvalue weighted by molar-refractivity contribution is 0.0600. The van der Waals surface area contributed by atoms with Crippen molar-refractivity contribution in [1.29, 1.82) is 0 Å². The molecule has 3 nitrogen and oxygen atoms in total. The molecular formula is C15H21NO2. The number of hydrogen-bond acceptors (Lipinski definition) is 3. The van der Waals surface area contributed by atoms with Gasteiger partial charge in [-0.1, -0.05) is 32.8 Å². The molecule has 0 bridgehead atoms. The van der Waals surface area contributed by atoms with Crippen molar-refractivity contribution in [2.24, 2.45) is 0 Å². The molecule has 98 valence electrons. The number of methoxy groups -OCH3 is 1. The van der Waals surface area contributed by atoms with Gasteiger partial charge in [0.25, 0.3) is 0 Å². The van der Waals surface area contributed by atoms with E-state index in [0.29, 0.717) is 5.56 Å². The number of ether oxygens (including phenoxy) is 1. The second-order valence-electron chi connectivity index (χ2n) is 4.19. The van der Waals surface area contributed by atoms with Gasteiger partial charge in [-0.05, 0) is 30.5 Å². The summed E-state index contributed by atoms with van der Waals surface area (Å²) in [4.78, 5) is 15.7. The predicted molar refractivity (Wildman–Crippen MR) is 73.4 cm³/mol. The molecule has 0 aliphatic rings. The van der Waals surface area contributed by atoms with Crippen LogP contribution in [0.5, 0.6) is 0 Å². The molecule has 0 spiro atoms. The third-order valence-corrected chi connectivity index (χ3v) is 2.71. The first-order chi connectivity index (χ1) is 8.72. The normalized spacial score (nSPS) is 11.4. The summed E-state index contributed by atoms with van der Waals surface area (Å²) in [7, 11) is 1.37. The third kappa shape index (κ3) is 3.99. The molecule has 0 aliphatic heterocycles. The van der Waals surface area contributed by atoms with E-state index < -0.39 is 0 Å². The molecule has 0 aromatic carbocycles. The van der Waals surface area contributed by atoms with Crippen LogP contribution in [0.4, 0.5) is 0 Å². The molecular weight excluding hydrogens is 226 g/mol. The van der Waals surface area contributed by atoms with Gasteiger partial charge in [-0.15, -0.1) is 0 Å². The number of carbonyl (C=O) groups is 1. The van der Waals surface area contributed by atoms with Crippen molar-refractivity contribution in [3.63, 3.8) is 0 Å². The molecule has 0 aliphatic carbocycles. The maximum Gasteiger partial charge on any atom is 0.339 e. The van der Waals surface area contributed by atoms with Gasteiger partial charge in [0, 0.05) is 6.20 Å². The SMILES string of the molecule is CCC/C=C(\CCC)c1ccc(C(=O)OC)cn1. The predicted octanol–water partition coefficient (Wildman–Crippen LogP) is 3.85. The van der Waals surface area contributed by atoms with Gasteiger partial charge < -0.3 is 4.74 Å². The summed E-state index contributed by atoms with van der Waals surface area (Å²) >= 11 is 0. The van der Waals surface area contributed by atoms with Crippen LogP contribution < -0.4 is 0 Å². The minimum atomic E-state index is -0.344. The number of aromatic nitrogens is 1. The van der Waals surface area contributed by atoms with E-state index in [2.05, 4.69) is 29.6 Å². The van der Waals surface area contributed by atoms with Gasteiger partial charge in [0.1, 0.15) is 0 Å². The van der Waals surface area contributed by atoms with Crippen LogP contribution in [0.3, 0.4) is 0 Å². The minimum Gasteiger partial charge on any atom is -0.465 e. The Balaban J connectivity index is 2.90. The van der Waals surface area contributed by atoms with Crippen molar-refractivity contribution in [1.82, 2.24) is 4.98 Å². The van der Waals surface area contributed by atoms with E-state index in [1.807, 2.05) is 6.07 Å². The zero-order valence-corrected chi connectivity index (χ0v) is 11.4. The Bertz CT molecular complexity index is 407. The highest BCUT2D eigenvalue weighted by molar-refractivity contribution is 5.89. The van der Waals surface area contributed by atoms with Crippen molar-refractivity contribution in [3.05, 3.63) is 35.7 Å². The van der Waals surface area contributed by atoms with Crippen molar-refractivity contribution in [2.75, 3.05) is 7.11 Å². The van der Waals surface area contributed by atoms with Gasteiger partial charge in [0.15, 0.2) is 0 Å². The number of esters is 1. The van der Waals surface area contributed by atoms with Gasteiger partial charge in [-0.3, -0.25) is 4.98 Å². The van der Waals surface area contributed by atoms with Gasteiger partial charge in [-0.25, -0.2) is 4.79 Å². The van der Waals surface area contributed by atoms with Gasteiger partial charge in [0.05, 0.1) is 18.4 Å². The summed E-state index contributed by atoms with van der Waals surface area (Å²) in [6, 6.07) is 3.66. The summed E-state index contributed by atoms with van der Waals surface area (Å²) in [6.45, 7) is 4.32. The second kappa shape index (κ2) is 7.64. The third-order valence-electron chi connectivity index (χ3n) is 2.71. The Labute approximate surface area is 109 Å². The van der Waals surface area contributed by atoms with Crippen molar-refractivity contribution >= 4 is 11.5 Å². The number of rotatable bonds is 6. The molecule has 0 radical (unpaired) electrons. The maximum absolute atomic E-state index is 11.3. The highest BCUT2D eigenvalue weighted by Gasteiger charge is 2.07. The van der Waals surface area contributed by atoms with E-state index in [1.54, 1.807) is 12.3 Å². The van der Waals surface area contributed by atoms with Crippen LogP contribution in [-0.4, -0.2) is 18.1 Å². The fourth-order valence-electron chi connectivity index (χ4n) is 1.75. The number of hydrogen-bond donors (Lipinski definition) is 0. The average molecular weight is 247 g/mol. The van der Waals surface area contributed by atoms with E-state index in [4.69, 9.17) is 0 Å². The molecule has 1 aromatic rings. The van der Waals surface area contributed by atoms with Gasteiger partial charge in [-0.2, -0.15) is 0 Å². The van der Waals surface area contributed by atoms with Crippen LogP contribution in [-0.2, 0) is 4.74 Å². The molecule has 3 heteroatoms. The van der Waals surface area contributed by atoms with E-state index in [9.17, 15) is 4.79 Å². The van der Waals surface area contributed by atoms with Crippen LogP contribution >= 0.6 is 0 Å². The van der Waals surface area contributed by atoms with E-state index in [0.717, 1.165) is 31.4 Å². The van der Waals surface area contributed by atoms with Crippen LogP contribution in [0.15, 0.2) is 24.4 Å². The Morgan fingerprint density at radius 2 is 2.11 bits per heavy atom. The topological polar surface area (TPSA) is 39.2 Å². The number of allylic oxidation sites excluding steroid dienone is 2. The molecule has 1 heterocycles. The summed E-state index contributed by atoms with van der Waals surface area (Å²) in [5.41, 5.74) is 2.71. The van der Waals surface area contributed by atoms with Crippen LogP contribution in [0.1, 0.15) is 55.6 Å². The summed E-state index contributed by atoms with van der Waals surface area (Å²) < 4.78 is 4.66. The first-order valence-corrected chi connectivity index (χ1v) is 6.46. The lowest BCUT2D eigenvalue weighted by Gasteiger charge is -2.06. The van der Waals surface area contributed by atoms with E-state index in [-0.39, 0.29) is 5.97 Å². The quantitative estimate of drug-likeness (QED) is 0.717. The Kier molecular flexibility index (Phi) is 6.12. The number of nitrogens with zero attached hydrogens (tertiary/aromatic N) is 1. The molecule has 0 unspecified atom stereocenters.